The summed E-state index contributed by atoms with van der Waals surface area (Å²) in [6, 6.07) is 14.1. The first-order valence-corrected chi connectivity index (χ1v) is 14.8. The van der Waals surface area contributed by atoms with Crippen molar-refractivity contribution in [3.63, 3.8) is 0 Å². The molecule has 4 aromatic rings. The van der Waals surface area contributed by atoms with E-state index in [4.69, 9.17) is 14.2 Å². The number of fused-ring (bicyclic) bond motifs is 1. The van der Waals surface area contributed by atoms with E-state index >= 15 is 0 Å². The van der Waals surface area contributed by atoms with Crippen LogP contribution in [0.3, 0.4) is 0 Å². The van der Waals surface area contributed by atoms with Crippen molar-refractivity contribution >= 4 is 23.0 Å². The number of pyridine rings is 1. The zero-order valence-corrected chi connectivity index (χ0v) is 24.5. The van der Waals surface area contributed by atoms with Crippen molar-refractivity contribution in [1.82, 2.24) is 19.8 Å². The SMILES string of the molecule is COc1ccc(CN2CCN(C3CC4(C3)CN(c3ccc(C=O)c(Oc5cnc6[nH]cc(F)c6c5)c3)C4)CC2)cc1OC. The van der Waals surface area contributed by atoms with Crippen molar-refractivity contribution in [1.29, 1.82) is 0 Å². The third-order valence-corrected chi connectivity index (χ3v) is 9.34. The number of aldehydes is 1. The van der Waals surface area contributed by atoms with Gasteiger partial charge in [0, 0.05) is 75.2 Å². The predicted octanol–water partition coefficient (Wildman–Crippen LogP) is 5.11. The van der Waals surface area contributed by atoms with Crippen LogP contribution in [0.15, 0.2) is 54.9 Å². The minimum Gasteiger partial charge on any atom is -0.493 e. The van der Waals surface area contributed by atoms with Gasteiger partial charge in [0.05, 0.1) is 31.4 Å². The summed E-state index contributed by atoms with van der Waals surface area (Å²) in [6.45, 7) is 7.25. The Labute approximate surface area is 250 Å². The van der Waals surface area contributed by atoms with Crippen molar-refractivity contribution in [2.24, 2.45) is 5.41 Å². The average Bonchev–Trinajstić information content (AvgIpc) is 3.36. The molecular formula is C33H36FN5O4. The van der Waals surface area contributed by atoms with Crippen molar-refractivity contribution in [2.75, 3.05) is 58.4 Å². The van der Waals surface area contributed by atoms with Gasteiger partial charge in [0.2, 0.25) is 0 Å². The van der Waals surface area contributed by atoms with E-state index in [0.29, 0.717) is 39.6 Å². The number of nitrogens with one attached hydrogen (secondary N) is 1. The number of anilines is 1. The highest BCUT2D eigenvalue weighted by Crippen LogP contribution is 2.52. The smallest absolute Gasteiger partial charge is 0.161 e. The Kier molecular flexibility index (Phi) is 7.18. The number of aromatic amines is 1. The molecule has 1 N–H and O–H groups in total. The van der Waals surface area contributed by atoms with E-state index < -0.39 is 5.82 Å². The first-order chi connectivity index (χ1) is 21.0. The summed E-state index contributed by atoms with van der Waals surface area (Å²) in [4.78, 5) is 26.3. The summed E-state index contributed by atoms with van der Waals surface area (Å²) in [6.07, 6.45) is 6.03. The van der Waals surface area contributed by atoms with E-state index in [9.17, 15) is 9.18 Å². The number of benzene rings is 2. The van der Waals surface area contributed by atoms with Gasteiger partial charge in [0.25, 0.3) is 0 Å². The zero-order valence-electron chi connectivity index (χ0n) is 24.5. The summed E-state index contributed by atoms with van der Waals surface area (Å²) in [7, 11) is 3.34. The molecule has 7 rings (SSSR count). The monoisotopic (exact) mass is 585 g/mol. The van der Waals surface area contributed by atoms with E-state index in [1.54, 1.807) is 26.4 Å². The number of piperazine rings is 1. The zero-order chi connectivity index (χ0) is 29.6. The molecule has 1 spiro atoms. The van der Waals surface area contributed by atoms with E-state index in [0.717, 1.165) is 69.3 Å². The standard InChI is InChI=1S/C33H36FN5O4/c1-41-29-6-3-22(11-31(29)42-2)18-37-7-9-38(10-8-37)25-14-33(15-25)20-39(21-33)24-5-4-23(19-40)30(12-24)43-26-13-27-28(34)17-36-32(27)35-16-26/h3-6,11-13,16-17,19,25H,7-10,14-15,18,20-21H2,1-2H3,(H,35,36). The molecule has 2 aliphatic heterocycles. The Morgan fingerprint density at radius 1 is 1.00 bits per heavy atom. The van der Waals surface area contributed by atoms with Crippen molar-refractivity contribution in [2.45, 2.75) is 25.4 Å². The number of rotatable bonds is 9. The first kappa shape index (κ1) is 27.7. The number of carbonyl (C=O) groups excluding carboxylic acids is 1. The van der Waals surface area contributed by atoms with Crippen molar-refractivity contribution in [3.05, 3.63) is 71.8 Å². The number of ether oxygens (including phenoxy) is 3. The molecule has 0 unspecified atom stereocenters. The molecule has 0 atom stereocenters. The largest absolute Gasteiger partial charge is 0.493 e. The molecule has 9 nitrogen and oxygen atoms in total. The van der Waals surface area contributed by atoms with E-state index in [-0.39, 0.29) is 0 Å². The molecule has 3 fully saturated rings. The molecule has 0 bridgehead atoms. The number of hydrogen-bond donors (Lipinski definition) is 1. The highest BCUT2D eigenvalue weighted by molar-refractivity contribution is 5.82. The Morgan fingerprint density at radius 3 is 2.53 bits per heavy atom. The van der Waals surface area contributed by atoms with Crippen LogP contribution in [-0.2, 0) is 6.54 Å². The topological polar surface area (TPSA) is 83.2 Å². The normalized spacial score (nSPS) is 18.8. The van der Waals surface area contributed by atoms with Crippen LogP contribution in [0.2, 0.25) is 0 Å². The van der Waals surface area contributed by atoms with Gasteiger partial charge >= 0.3 is 0 Å². The number of aromatic nitrogens is 2. The molecule has 2 aromatic carbocycles. The number of hydrogen-bond acceptors (Lipinski definition) is 8. The molecule has 2 saturated heterocycles. The van der Waals surface area contributed by atoms with Crippen LogP contribution in [0.25, 0.3) is 11.0 Å². The minimum atomic E-state index is -0.390. The van der Waals surface area contributed by atoms with Gasteiger partial charge in [-0.15, -0.1) is 0 Å². The molecule has 10 heteroatoms. The Bertz CT molecular complexity index is 1640. The van der Waals surface area contributed by atoms with Crippen LogP contribution >= 0.6 is 0 Å². The second-order valence-electron chi connectivity index (χ2n) is 12.1. The molecule has 4 heterocycles. The lowest BCUT2D eigenvalue weighted by molar-refractivity contribution is -0.0380. The van der Waals surface area contributed by atoms with E-state index in [2.05, 4.69) is 36.8 Å². The number of nitrogens with zero attached hydrogens (tertiary/aromatic N) is 4. The van der Waals surface area contributed by atoms with Crippen molar-refractivity contribution in [3.8, 4) is 23.0 Å². The number of halogens is 1. The lowest BCUT2D eigenvalue weighted by Gasteiger charge is -2.62. The number of methoxy groups -OCH3 is 2. The van der Waals surface area contributed by atoms with Crippen LogP contribution in [0.1, 0.15) is 28.8 Å². The van der Waals surface area contributed by atoms with Gasteiger partial charge in [-0.05, 0) is 48.7 Å². The maximum absolute atomic E-state index is 14.0. The van der Waals surface area contributed by atoms with Crippen LogP contribution < -0.4 is 19.1 Å². The van der Waals surface area contributed by atoms with Gasteiger partial charge in [-0.25, -0.2) is 9.37 Å². The van der Waals surface area contributed by atoms with Crippen LogP contribution in [0.5, 0.6) is 23.0 Å². The van der Waals surface area contributed by atoms with Gasteiger partial charge < -0.3 is 24.1 Å². The van der Waals surface area contributed by atoms with E-state index in [1.807, 2.05) is 18.2 Å². The quantitative estimate of drug-likeness (QED) is 0.272. The van der Waals surface area contributed by atoms with Gasteiger partial charge in [0.15, 0.2) is 17.8 Å². The lowest BCUT2D eigenvalue weighted by atomic mass is 9.60. The lowest BCUT2D eigenvalue weighted by Crippen LogP contribution is -2.68. The summed E-state index contributed by atoms with van der Waals surface area (Å²) in [5.41, 5.74) is 3.54. The predicted molar refractivity (Wildman–Crippen MR) is 162 cm³/mol. The summed E-state index contributed by atoms with van der Waals surface area (Å²) < 4.78 is 30.9. The van der Waals surface area contributed by atoms with Gasteiger partial charge in [-0.1, -0.05) is 6.07 Å². The fraction of sp³-hybridized carbons (Fsp3) is 0.394. The minimum absolute atomic E-state index is 0.352. The molecule has 0 radical (unpaired) electrons. The summed E-state index contributed by atoms with van der Waals surface area (Å²) in [5, 5.41) is 0.352. The molecule has 2 aromatic heterocycles. The maximum atomic E-state index is 14.0. The summed E-state index contributed by atoms with van der Waals surface area (Å²) in [5.74, 6) is 1.98. The van der Waals surface area contributed by atoms with Gasteiger partial charge in [-0.3, -0.25) is 14.6 Å². The van der Waals surface area contributed by atoms with E-state index in [1.165, 1.54) is 30.8 Å². The third-order valence-electron chi connectivity index (χ3n) is 9.34. The molecule has 3 aliphatic rings. The summed E-state index contributed by atoms with van der Waals surface area (Å²) >= 11 is 0. The molecule has 1 saturated carbocycles. The fourth-order valence-corrected chi connectivity index (χ4v) is 6.97. The second kappa shape index (κ2) is 11.2. The van der Waals surface area contributed by atoms with Crippen LogP contribution in [0.4, 0.5) is 10.1 Å². The maximum Gasteiger partial charge on any atom is 0.161 e. The molecule has 224 valence electrons. The highest BCUT2D eigenvalue weighted by Gasteiger charge is 2.54. The molecule has 43 heavy (non-hydrogen) atoms. The Morgan fingerprint density at radius 2 is 1.79 bits per heavy atom. The molecular weight excluding hydrogens is 549 g/mol. The van der Waals surface area contributed by atoms with Crippen LogP contribution in [-0.4, -0.2) is 85.6 Å². The molecule has 0 amide bonds. The fourth-order valence-electron chi connectivity index (χ4n) is 6.97. The number of H-pyrrole nitrogens is 1. The second-order valence-corrected chi connectivity index (χ2v) is 12.1. The van der Waals surface area contributed by atoms with Crippen LogP contribution in [0, 0.1) is 11.2 Å². The first-order valence-electron chi connectivity index (χ1n) is 14.8. The van der Waals surface area contributed by atoms with Crippen molar-refractivity contribution < 1.29 is 23.4 Å². The molecule has 1 aliphatic carbocycles. The highest BCUT2D eigenvalue weighted by atomic mass is 19.1. The Hall–Kier alpha value is -4.15. The Balaban J connectivity index is 0.915. The number of carbonyl (C=O) groups is 1. The average molecular weight is 586 g/mol. The van der Waals surface area contributed by atoms with Gasteiger partial charge in [-0.2, -0.15) is 0 Å². The van der Waals surface area contributed by atoms with Gasteiger partial charge in [0.1, 0.15) is 23.0 Å². The third kappa shape index (κ3) is 5.29.